The molecule has 0 bridgehead atoms. The molecule has 21 heavy (non-hydrogen) atoms. The SMILES string of the molecule is CCCCCCCCCCCCCC[P+](=O)C(C)C(C)O. The molecule has 3 unspecified atom stereocenters. The van der Waals surface area contributed by atoms with Crippen LogP contribution in [0, 0.1) is 0 Å². The molecule has 0 saturated heterocycles. The minimum Gasteiger partial charge on any atom is -0.389 e. The van der Waals surface area contributed by atoms with Gasteiger partial charge >= 0.3 is 7.80 Å². The van der Waals surface area contributed by atoms with E-state index in [4.69, 9.17) is 0 Å². The molecule has 2 nitrogen and oxygen atoms in total. The lowest BCUT2D eigenvalue weighted by atomic mass is 10.1. The molecule has 0 aromatic rings. The Morgan fingerprint density at radius 1 is 0.762 bits per heavy atom. The lowest BCUT2D eigenvalue weighted by Gasteiger charge is -2.04. The van der Waals surface area contributed by atoms with E-state index < -0.39 is 13.9 Å². The summed E-state index contributed by atoms with van der Waals surface area (Å²) in [5.74, 6) is 0. The first kappa shape index (κ1) is 21.1. The molecule has 1 N–H and O–H groups in total. The Labute approximate surface area is 133 Å². The van der Waals surface area contributed by atoms with Crippen molar-refractivity contribution in [2.24, 2.45) is 0 Å². The minimum absolute atomic E-state index is 0.0484. The van der Waals surface area contributed by atoms with E-state index in [0.717, 1.165) is 12.6 Å². The van der Waals surface area contributed by atoms with Gasteiger partial charge in [0.1, 0.15) is 6.16 Å². The van der Waals surface area contributed by atoms with Crippen molar-refractivity contribution in [3.63, 3.8) is 0 Å². The highest BCUT2D eigenvalue weighted by atomic mass is 31.1. The molecule has 3 atom stereocenters. The van der Waals surface area contributed by atoms with E-state index in [9.17, 15) is 9.67 Å². The van der Waals surface area contributed by atoms with E-state index >= 15 is 0 Å². The Kier molecular flexibility index (Phi) is 15.0. The van der Waals surface area contributed by atoms with Crippen LogP contribution in [-0.4, -0.2) is 23.0 Å². The highest BCUT2D eigenvalue weighted by Crippen LogP contribution is 2.31. The quantitative estimate of drug-likeness (QED) is 0.285. The van der Waals surface area contributed by atoms with Gasteiger partial charge in [0.15, 0.2) is 5.66 Å². The normalized spacial score (nSPS) is 15.0. The zero-order chi connectivity index (χ0) is 15.9. The molecule has 0 heterocycles. The van der Waals surface area contributed by atoms with Crippen LogP contribution in [0.3, 0.4) is 0 Å². The fourth-order valence-electron chi connectivity index (χ4n) is 2.55. The number of aliphatic hydroxyl groups excluding tert-OH is 1. The summed E-state index contributed by atoms with van der Waals surface area (Å²) in [4.78, 5) is 0. The van der Waals surface area contributed by atoms with Gasteiger partial charge in [-0.3, -0.25) is 0 Å². The van der Waals surface area contributed by atoms with E-state index in [1.165, 1.54) is 70.6 Å². The Hall–Kier alpha value is 0.0600. The van der Waals surface area contributed by atoms with Crippen LogP contribution in [-0.2, 0) is 4.57 Å². The second-order valence-corrected chi connectivity index (χ2v) is 8.61. The van der Waals surface area contributed by atoms with Crippen molar-refractivity contribution in [3.8, 4) is 0 Å². The van der Waals surface area contributed by atoms with Crippen molar-refractivity contribution in [1.82, 2.24) is 0 Å². The Morgan fingerprint density at radius 2 is 1.14 bits per heavy atom. The topological polar surface area (TPSA) is 37.3 Å². The van der Waals surface area contributed by atoms with Crippen LogP contribution in [0.2, 0.25) is 0 Å². The van der Waals surface area contributed by atoms with Crippen LogP contribution < -0.4 is 0 Å². The van der Waals surface area contributed by atoms with Crippen LogP contribution >= 0.6 is 7.80 Å². The largest absolute Gasteiger partial charge is 0.389 e. The number of hydrogen-bond acceptors (Lipinski definition) is 2. The van der Waals surface area contributed by atoms with Gasteiger partial charge in [-0.15, -0.1) is 0 Å². The summed E-state index contributed by atoms with van der Waals surface area (Å²) in [5.41, 5.74) is -0.0484. The summed E-state index contributed by atoms with van der Waals surface area (Å²) in [5, 5.41) is 9.40. The molecule has 0 saturated carbocycles. The zero-order valence-electron chi connectivity index (χ0n) is 14.6. The predicted octanol–water partition coefficient (Wildman–Crippen LogP) is 6.28. The number of unbranched alkanes of at least 4 members (excludes halogenated alkanes) is 11. The molecule has 0 aliphatic heterocycles. The van der Waals surface area contributed by atoms with E-state index in [1.807, 2.05) is 6.92 Å². The smallest absolute Gasteiger partial charge is 0.344 e. The highest BCUT2D eigenvalue weighted by Gasteiger charge is 2.28. The van der Waals surface area contributed by atoms with Crippen molar-refractivity contribution in [3.05, 3.63) is 0 Å². The summed E-state index contributed by atoms with van der Waals surface area (Å²) < 4.78 is 11.9. The molecule has 0 radical (unpaired) electrons. The number of aliphatic hydroxyl groups is 1. The molecule has 0 spiro atoms. The summed E-state index contributed by atoms with van der Waals surface area (Å²) in [6, 6.07) is 0. The highest BCUT2D eigenvalue weighted by molar-refractivity contribution is 7.45. The Bertz CT molecular complexity index is 241. The van der Waals surface area contributed by atoms with Gasteiger partial charge in [-0.1, -0.05) is 75.7 Å². The minimum atomic E-state index is -1.22. The van der Waals surface area contributed by atoms with Gasteiger partial charge in [-0.25, -0.2) is 0 Å². The van der Waals surface area contributed by atoms with Gasteiger partial charge in [0, 0.05) is 0 Å². The lowest BCUT2D eigenvalue weighted by molar-refractivity contribution is 0.193. The standard InChI is InChI=1S/C18H38O2P/c1-4-5-6-7-8-9-10-11-12-13-14-15-16-21(20)18(3)17(2)19/h17-19H,4-16H2,1-3H3/q+1. The van der Waals surface area contributed by atoms with Crippen molar-refractivity contribution < 1.29 is 9.67 Å². The Morgan fingerprint density at radius 3 is 1.52 bits per heavy atom. The molecule has 3 heteroatoms. The van der Waals surface area contributed by atoms with Gasteiger partial charge in [0.05, 0.1) is 6.10 Å². The van der Waals surface area contributed by atoms with Gasteiger partial charge in [-0.2, -0.15) is 0 Å². The average Bonchev–Trinajstić information content (AvgIpc) is 2.47. The van der Waals surface area contributed by atoms with E-state index in [2.05, 4.69) is 6.92 Å². The molecular weight excluding hydrogens is 279 g/mol. The first-order chi connectivity index (χ1) is 10.1. The summed E-state index contributed by atoms with van der Waals surface area (Å²) >= 11 is 0. The van der Waals surface area contributed by atoms with Crippen LogP contribution in [0.25, 0.3) is 0 Å². The predicted molar refractivity (Wildman–Crippen MR) is 94.7 cm³/mol. The fraction of sp³-hybridized carbons (Fsp3) is 1.00. The second-order valence-electron chi connectivity index (χ2n) is 6.51. The molecule has 0 rings (SSSR count). The van der Waals surface area contributed by atoms with Crippen molar-refractivity contribution in [1.29, 1.82) is 0 Å². The van der Waals surface area contributed by atoms with Gasteiger partial charge in [0.2, 0.25) is 0 Å². The van der Waals surface area contributed by atoms with Crippen LogP contribution in [0.15, 0.2) is 0 Å². The number of hydrogen-bond donors (Lipinski definition) is 1. The van der Waals surface area contributed by atoms with Gasteiger partial charge < -0.3 is 5.11 Å². The summed E-state index contributed by atoms with van der Waals surface area (Å²) in [7, 11) is -1.22. The van der Waals surface area contributed by atoms with Gasteiger partial charge in [-0.05, 0) is 26.7 Å². The molecule has 0 fully saturated rings. The Balaban J connectivity index is 3.21. The van der Waals surface area contributed by atoms with Crippen molar-refractivity contribution in [2.45, 2.75) is 110 Å². The average molecular weight is 317 g/mol. The molecule has 0 amide bonds. The third-order valence-electron chi connectivity index (χ3n) is 4.38. The molecular formula is C18H38O2P+. The zero-order valence-corrected chi connectivity index (χ0v) is 15.5. The monoisotopic (exact) mass is 317 g/mol. The maximum absolute atomic E-state index is 11.9. The second kappa shape index (κ2) is 15.0. The molecule has 0 aromatic carbocycles. The fourth-order valence-corrected chi connectivity index (χ4v) is 3.98. The van der Waals surface area contributed by atoms with E-state index in [0.29, 0.717) is 0 Å². The van der Waals surface area contributed by atoms with E-state index in [1.54, 1.807) is 6.92 Å². The number of rotatable bonds is 15. The summed E-state index contributed by atoms with van der Waals surface area (Å²) in [6.07, 6.45) is 16.4. The van der Waals surface area contributed by atoms with Crippen LogP contribution in [0.4, 0.5) is 0 Å². The van der Waals surface area contributed by atoms with Crippen molar-refractivity contribution in [2.75, 3.05) is 6.16 Å². The third kappa shape index (κ3) is 13.4. The van der Waals surface area contributed by atoms with E-state index in [-0.39, 0.29) is 5.66 Å². The summed E-state index contributed by atoms with van der Waals surface area (Å²) in [6.45, 7) is 5.89. The first-order valence-electron chi connectivity index (χ1n) is 9.21. The van der Waals surface area contributed by atoms with Crippen LogP contribution in [0.5, 0.6) is 0 Å². The van der Waals surface area contributed by atoms with Gasteiger partial charge in [0.25, 0.3) is 0 Å². The third-order valence-corrected chi connectivity index (χ3v) is 6.48. The maximum atomic E-state index is 11.9. The maximum Gasteiger partial charge on any atom is 0.344 e. The molecule has 126 valence electrons. The molecule has 0 aliphatic carbocycles. The first-order valence-corrected chi connectivity index (χ1v) is 10.7. The molecule has 0 aliphatic rings. The van der Waals surface area contributed by atoms with Crippen LogP contribution in [0.1, 0.15) is 97.8 Å². The molecule has 0 aromatic heterocycles. The lowest BCUT2D eigenvalue weighted by Crippen LogP contribution is -2.15. The van der Waals surface area contributed by atoms with Crippen molar-refractivity contribution >= 4 is 7.80 Å².